The van der Waals surface area contributed by atoms with Crippen LogP contribution >= 0.6 is 11.5 Å². The summed E-state index contributed by atoms with van der Waals surface area (Å²) in [5.41, 5.74) is 0.756. The van der Waals surface area contributed by atoms with E-state index in [9.17, 15) is 4.79 Å². The summed E-state index contributed by atoms with van der Waals surface area (Å²) in [5.74, 6) is 0. The molecule has 0 spiro atoms. The number of hydrogen-bond donors (Lipinski definition) is 2. The van der Waals surface area contributed by atoms with E-state index in [2.05, 4.69) is 39.3 Å². The molecule has 5 nitrogen and oxygen atoms in total. The molecule has 2 N–H and O–H groups in total. The standard InChI is InChI=1S/C12H18N4OS/c1-9-10(18-16-15-9)8-13-11(17)14-12(2)6-4-3-5-7-12/h3-4H,5-8H2,1-2H3,(H2,13,14,17). The molecule has 1 aromatic rings. The van der Waals surface area contributed by atoms with Gasteiger partial charge in [-0.2, -0.15) is 0 Å². The van der Waals surface area contributed by atoms with Crippen molar-refractivity contribution < 1.29 is 4.79 Å². The fraction of sp³-hybridized carbons (Fsp3) is 0.583. The van der Waals surface area contributed by atoms with E-state index in [1.807, 2.05) is 6.92 Å². The first-order chi connectivity index (χ1) is 8.59. The number of carbonyl (C=O) groups excluding carboxylic acids is 1. The first-order valence-corrected chi connectivity index (χ1v) is 6.85. The van der Waals surface area contributed by atoms with Crippen LogP contribution in [-0.2, 0) is 6.54 Å². The van der Waals surface area contributed by atoms with E-state index in [4.69, 9.17) is 0 Å². The molecule has 2 amide bonds. The lowest BCUT2D eigenvalue weighted by atomic mass is 9.88. The SMILES string of the molecule is Cc1nnsc1CNC(=O)NC1(C)CC=CCC1. The molecular weight excluding hydrogens is 248 g/mol. The average molecular weight is 266 g/mol. The van der Waals surface area contributed by atoms with Crippen molar-refractivity contribution in [2.24, 2.45) is 0 Å². The van der Waals surface area contributed by atoms with Gasteiger partial charge in [-0.15, -0.1) is 5.10 Å². The zero-order valence-corrected chi connectivity index (χ0v) is 11.5. The molecule has 6 heteroatoms. The summed E-state index contributed by atoms with van der Waals surface area (Å²) in [4.78, 5) is 12.8. The van der Waals surface area contributed by atoms with Crippen LogP contribution in [-0.4, -0.2) is 21.2 Å². The first-order valence-electron chi connectivity index (χ1n) is 6.08. The predicted molar refractivity (Wildman–Crippen MR) is 71.4 cm³/mol. The van der Waals surface area contributed by atoms with Gasteiger partial charge in [0.1, 0.15) is 0 Å². The minimum atomic E-state index is -0.125. The molecule has 98 valence electrons. The van der Waals surface area contributed by atoms with Crippen LogP contribution in [0.1, 0.15) is 36.8 Å². The number of urea groups is 1. The topological polar surface area (TPSA) is 66.9 Å². The normalized spacial score (nSPS) is 22.8. The van der Waals surface area contributed by atoms with Gasteiger partial charge in [0.25, 0.3) is 0 Å². The van der Waals surface area contributed by atoms with Crippen LogP contribution in [0.15, 0.2) is 12.2 Å². The molecule has 0 saturated carbocycles. The summed E-state index contributed by atoms with van der Waals surface area (Å²) < 4.78 is 3.84. The van der Waals surface area contributed by atoms with Gasteiger partial charge in [0, 0.05) is 5.54 Å². The van der Waals surface area contributed by atoms with Crippen LogP contribution in [0.25, 0.3) is 0 Å². The molecule has 2 rings (SSSR count). The molecule has 1 atom stereocenters. The Morgan fingerprint density at radius 1 is 1.56 bits per heavy atom. The van der Waals surface area contributed by atoms with E-state index in [-0.39, 0.29) is 11.6 Å². The van der Waals surface area contributed by atoms with Crippen molar-refractivity contribution in [1.82, 2.24) is 20.2 Å². The van der Waals surface area contributed by atoms with Crippen molar-refractivity contribution in [3.63, 3.8) is 0 Å². The lowest BCUT2D eigenvalue weighted by molar-refractivity contribution is 0.223. The highest BCUT2D eigenvalue weighted by atomic mass is 32.1. The number of amides is 2. The second-order valence-corrected chi connectivity index (χ2v) is 5.70. The second-order valence-electron chi connectivity index (χ2n) is 4.86. The van der Waals surface area contributed by atoms with Gasteiger partial charge in [0.05, 0.1) is 17.1 Å². The maximum atomic E-state index is 11.8. The Morgan fingerprint density at radius 2 is 2.39 bits per heavy atom. The highest BCUT2D eigenvalue weighted by molar-refractivity contribution is 7.05. The quantitative estimate of drug-likeness (QED) is 0.824. The molecule has 0 saturated heterocycles. The molecule has 1 aliphatic carbocycles. The van der Waals surface area contributed by atoms with E-state index in [1.54, 1.807) is 0 Å². The van der Waals surface area contributed by atoms with Crippen LogP contribution in [0.2, 0.25) is 0 Å². The lowest BCUT2D eigenvalue weighted by Gasteiger charge is -2.31. The maximum absolute atomic E-state index is 11.8. The van der Waals surface area contributed by atoms with Gasteiger partial charge in [-0.3, -0.25) is 0 Å². The number of aryl methyl sites for hydroxylation is 1. The molecule has 1 unspecified atom stereocenters. The van der Waals surface area contributed by atoms with E-state index < -0.39 is 0 Å². The van der Waals surface area contributed by atoms with Crippen molar-refractivity contribution in [3.05, 3.63) is 22.7 Å². The molecule has 0 aromatic carbocycles. The van der Waals surface area contributed by atoms with Gasteiger partial charge in [-0.1, -0.05) is 16.6 Å². The van der Waals surface area contributed by atoms with Gasteiger partial charge in [0.2, 0.25) is 0 Å². The third-order valence-corrected chi connectivity index (χ3v) is 3.99. The van der Waals surface area contributed by atoms with Gasteiger partial charge >= 0.3 is 6.03 Å². The Bertz CT molecular complexity index is 457. The highest BCUT2D eigenvalue weighted by Gasteiger charge is 2.26. The number of nitrogens with one attached hydrogen (secondary N) is 2. The highest BCUT2D eigenvalue weighted by Crippen LogP contribution is 2.22. The lowest BCUT2D eigenvalue weighted by Crippen LogP contribution is -2.50. The van der Waals surface area contributed by atoms with Crippen LogP contribution in [0.3, 0.4) is 0 Å². The zero-order chi connectivity index (χ0) is 13.0. The van der Waals surface area contributed by atoms with Crippen molar-refractivity contribution in [3.8, 4) is 0 Å². The molecule has 0 bridgehead atoms. The largest absolute Gasteiger partial charge is 0.333 e. The number of hydrogen-bond acceptors (Lipinski definition) is 4. The maximum Gasteiger partial charge on any atom is 0.315 e. The Hall–Kier alpha value is -1.43. The molecule has 0 aliphatic heterocycles. The van der Waals surface area contributed by atoms with Crippen LogP contribution in [0.5, 0.6) is 0 Å². The summed E-state index contributed by atoms with van der Waals surface area (Å²) >= 11 is 1.32. The van der Waals surface area contributed by atoms with Crippen molar-refractivity contribution in [2.45, 2.75) is 45.2 Å². The van der Waals surface area contributed by atoms with Crippen molar-refractivity contribution in [1.29, 1.82) is 0 Å². The summed E-state index contributed by atoms with van der Waals surface area (Å²) in [5, 5.41) is 9.81. The smallest absolute Gasteiger partial charge is 0.315 e. The Balaban J connectivity index is 1.82. The molecule has 1 aliphatic rings. The van der Waals surface area contributed by atoms with Gasteiger partial charge in [0.15, 0.2) is 0 Å². The summed E-state index contributed by atoms with van der Waals surface area (Å²) in [7, 11) is 0. The number of aromatic nitrogens is 2. The fourth-order valence-electron chi connectivity index (χ4n) is 1.97. The molecule has 0 radical (unpaired) electrons. The Labute approximate surface area is 111 Å². The number of allylic oxidation sites excluding steroid dienone is 1. The minimum absolute atomic E-state index is 0.124. The van der Waals surface area contributed by atoms with E-state index in [0.29, 0.717) is 6.54 Å². The number of carbonyl (C=O) groups is 1. The Kier molecular flexibility index (Phi) is 3.96. The van der Waals surface area contributed by atoms with Crippen molar-refractivity contribution in [2.75, 3.05) is 0 Å². The molecule has 18 heavy (non-hydrogen) atoms. The monoisotopic (exact) mass is 266 g/mol. The number of nitrogens with zero attached hydrogens (tertiary/aromatic N) is 2. The number of rotatable bonds is 3. The molecule has 1 heterocycles. The predicted octanol–water partition coefficient (Wildman–Crippen LogP) is 2.14. The average Bonchev–Trinajstić information content (AvgIpc) is 2.72. The first kappa shape index (κ1) is 13.0. The van der Waals surface area contributed by atoms with Crippen LogP contribution < -0.4 is 10.6 Å². The molecule has 0 fully saturated rings. The van der Waals surface area contributed by atoms with Gasteiger partial charge in [-0.25, -0.2) is 4.79 Å². The van der Waals surface area contributed by atoms with Crippen LogP contribution in [0.4, 0.5) is 4.79 Å². The van der Waals surface area contributed by atoms with Gasteiger partial charge < -0.3 is 10.6 Å². The van der Waals surface area contributed by atoms with Crippen molar-refractivity contribution >= 4 is 17.6 Å². The summed E-state index contributed by atoms with van der Waals surface area (Å²) in [6.07, 6.45) is 7.18. The molecule has 1 aromatic heterocycles. The molecular formula is C12H18N4OS. The van der Waals surface area contributed by atoms with Gasteiger partial charge in [-0.05, 0) is 44.6 Å². The second kappa shape index (κ2) is 5.48. The van der Waals surface area contributed by atoms with Crippen LogP contribution in [0, 0.1) is 6.92 Å². The van der Waals surface area contributed by atoms with E-state index in [0.717, 1.165) is 29.8 Å². The zero-order valence-electron chi connectivity index (χ0n) is 10.7. The third-order valence-electron chi connectivity index (χ3n) is 3.17. The summed E-state index contributed by atoms with van der Waals surface area (Å²) in [6.45, 7) is 4.46. The van der Waals surface area contributed by atoms with E-state index >= 15 is 0 Å². The summed E-state index contributed by atoms with van der Waals surface area (Å²) in [6, 6.07) is -0.124. The minimum Gasteiger partial charge on any atom is -0.333 e. The third kappa shape index (κ3) is 3.29. The van der Waals surface area contributed by atoms with E-state index in [1.165, 1.54) is 11.5 Å². The Morgan fingerprint density at radius 3 is 3.00 bits per heavy atom. The fourth-order valence-corrected chi connectivity index (χ4v) is 2.54.